The average Bonchev–Trinajstić information content (AvgIpc) is 3.15. The van der Waals surface area contributed by atoms with Crippen molar-refractivity contribution < 1.29 is 9.18 Å². The molecule has 0 saturated carbocycles. The Labute approximate surface area is 132 Å². The van der Waals surface area contributed by atoms with Gasteiger partial charge in [-0.05, 0) is 31.2 Å². The largest absolute Gasteiger partial charge is 0.364 e. The Bertz CT molecular complexity index is 878. The fourth-order valence-electron chi connectivity index (χ4n) is 3.05. The van der Waals surface area contributed by atoms with Crippen molar-refractivity contribution in [3.8, 4) is 11.4 Å². The second kappa shape index (κ2) is 5.08. The number of H-pyrrole nitrogens is 1. The maximum atomic E-state index is 13.0. The molecule has 0 bridgehead atoms. The topological polar surface area (TPSA) is 62.7 Å². The van der Waals surface area contributed by atoms with Crippen molar-refractivity contribution in [2.45, 2.75) is 19.4 Å². The summed E-state index contributed by atoms with van der Waals surface area (Å²) in [6.07, 6.45) is 6.20. The van der Waals surface area contributed by atoms with E-state index in [9.17, 15) is 9.18 Å². The summed E-state index contributed by atoms with van der Waals surface area (Å²) in [6.45, 7) is 2.12. The van der Waals surface area contributed by atoms with E-state index in [-0.39, 0.29) is 11.7 Å². The third kappa shape index (κ3) is 2.23. The molecular formula is C17H15FN4O. The number of hydrogen-bond acceptors (Lipinski definition) is 2. The van der Waals surface area contributed by atoms with Crippen LogP contribution >= 0.6 is 0 Å². The lowest BCUT2D eigenvalue weighted by Gasteiger charge is -2.22. The van der Waals surface area contributed by atoms with Crippen LogP contribution in [0.15, 0.2) is 42.9 Å². The summed E-state index contributed by atoms with van der Waals surface area (Å²) in [5.74, 6) is 0.223. The SMILES string of the molecule is C[C@H]1Cc2[nH]cc(C(=O)Nc3ccc(F)cc3)c2-c2nccn21. The highest BCUT2D eigenvalue weighted by Crippen LogP contribution is 2.35. The highest BCUT2D eigenvalue weighted by Gasteiger charge is 2.28. The number of benzene rings is 1. The van der Waals surface area contributed by atoms with Gasteiger partial charge in [0.05, 0.1) is 11.1 Å². The van der Waals surface area contributed by atoms with Crippen molar-refractivity contribution in [1.29, 1.82) is 0 Å². The Morgan fingerprint density at radius 3 is 2.96 bits per heavy atom. The second-order valence-corrected chi connectivity index (χ2v) is 5.73. The van der Waals surface area contributed by atoms with E-state index in [4.69, 9.17) is 0 Å². The van der Waals surface area contributed by atoms with Gasteiger partial charge in [-0.1, -0.05) is 0 Å². The summed E-state index contributed by atoms with van der Waals surface area (Å²) in [5.41, 5.74) is 2.95. The summed E-state index contributed by atoms with van der Waals surface area (Å²) < 4.78 is 15.0. The van der Waals surface area contributed by atoms with Gasteiger partial charge in [-0.15, -0.1) is 0 Å². The molecule has 4 rings (SSSR count). The third-order valence-corrected chi connectivity index (χ3v) is 4.18. The molecule has 0 radical (unpaired) electrons. The second-order valence-electron chi connectivity index (χ2n) is 5.73. The standard InChI is InChI=1S/C17H15FN4O/c1-10-8-14-15(16-19-6-7-22(10)16)13(9-20-14)17(23)21-12-4-2-11(18)3-5-12/h2-7,9-10,20H,8H2,1H3,(H,21,23)/t10-/m0/s1. The van der Waals surface area contributed by atoms with Crippen LogP contribution in [0.4, 0.5) is 10.1 Å². The lowest BCUT2D eigenvalue weighted by molar-refractivity contribution is 0.102. The maximum absolute atomic E-state index is 13.0. The zero-order valence-corrected chi connectivity index (χ0v) is 12.5. The number of nitrogens with zero attached hydrogens (tertiary/aromatic N) is 2. The first-order valence-electron chi connectivity index (χ1n) is 7.44. The number of halogens is 1. The molecule has 1 amide bonds. The van der Waals surface area contributed by atoms with Crippen molar-refractivity contribution in [3.63, 3.8) is 0 Å². The highest BCUT2D eigenvalue weighted by molar-refractivity contribution is 6.08. The molecule has 1 aromatic carbocycles. The van der Waals surface area contributed by atoms with Crippen molar-refractivity contribution in [3.05, 3.63) is 59.9 Å². The van der Waals surface area contributed by atoms with E-state index in [1.807, 2.05) is 6.20 Å². The van der Waals surface area contributed by atoms with E-state index in [0.717, 1.165) is 23.5 Å². The number of fused-ring (bicyclic) bond motifs is 3. The molecule has 3 heterocycles. The Hall–Kier alpha value is -2.89. The highest BCUT2D eigenvalue weighted by atomic mass is 19.1. The molecule has 23 heavy (non-hydrogen) atoms. The molecule has 0 spiro atoms. The lowest BCUT2D eigenvalue weighted by atomic mass is 10.0. The number of aromatic nitrogens is 3. The average molecular weight is 310 g/mol. The minimum Gasteiger partial charge on any atom is -0.364 e. The Balaban J connectivity index is 1.70. The van der Waals surface area contributed by atoms with Crippen LogP contribution in [-0.2, 0) is 6.42 Å². The minimum absolute atomic E-state index is 0.238. The monoisotopic (exact) mass is 310 g/mol. The van der Waals surface area contributed by atoms with Gasteiger partial charge in [-0.25, -0.2) is 9.37 Å². The molecule has 116 valence electrons. The fourth-order valence-corrected chi connectivity index (χ4v) is 3.05. The van der Waals surface area contributed by atoms with Gasteiger partial charge in [0.2, 0.25) is 0 Å². The Morgan fingerprint density at radius 2 is 2.17 bits per heavy atom. The molecule has 1 aliphatic heterocycles. The quantitative estimate of drug-likeness (QED) is 0.762. The van der Waals surface area contributed by atoms with Gasteiger partial charge >= 0.3 is 0 Å². The molecule has 5 nitrogen and oxygen atoms in total. The summed E-state index contributed by atoms with van der Waals surface area (Å²) in [6, 6.07) is 6.00. The van der Waals surface area contributed by atoms with Crippen LogP contribution in [0.25, 0.3) is 11.4 Å². The molecular weight excluding hydrogens is 295 g/mol. The number of hydrogen-bond donors (Lipinski definition) is 2. The van der Waals surface area contributed by atoms with Crippen molar-refractivity contribution in [1.82, 2.24) is 14.5 Å². The van der Waals surface area contributed by atoms with Crippen LogP contribution in [0.2, 0.25) is 0 Å². The van der Waals surface area contributed by atoms with Crippen LogP contribution in [0.1, 0.15) is 29.0 Å². The lowest BCUT2D eigenvalue weighted by Crippen LogP contribution is -2.18. The first-order valence-corrected chi connectivity index (χ1v) is 7.44. The molecule has 2 N–H and O–H groups in total. The summed E-state index contributed by atoms with van der Waals surface area (Å²) in [5, 5.41) is 2.79. The summed E-state index contributed by atoms with van der Waals surface area (Å²) in [7, 11) is 0. The molecule has 1 aliphatic rings. The summed E-state index contributed by atoms with van der Waals surface area (Å²) in [4.78, 5) is 20.2. The smallest absolute Gasteiger partial charge is 0.257 e. The van der Waals surface area contributed by atoms with E-state index in [1.54, 1.807) is 12.4 Å². The number of aromatic amines is 1. The van der Waals surface area contributed by atoms with Crippen LogP contribution in [-0.4, -0.2) is 20.4 Å². The molecule has 0 fully saturated rings. The first kappa shape index (κ1) is 13.8. The van der Waals surface area contributed by atoms with E-state index in [2.05, 4.69) is 26.8 Å². The minimum atomic E-state index is -0.335. The van der Waals surface area contributed by atoms with Gasteiger partial charge in [0, 0.05) is 42.4 Å². The number of rotatable bonds is 2. The van der Waals surface area contributed by atoms with E-state index in [1.165, 1.54) is 24.3 Å². The van der Waals surface area contributed by atoms with Gasteiger partial charge in [0.15, 0.2) is 0 Å². The molecule has 0 saturated heterocycles. The predicted octanol–water partition coefficient (Wildman–Crippen LogP) is 3.39. The van der Waals surface area contributed by atoms with E-state index < -0.39 is 0 Å². The van der Waals surface area contributed by atoms with Gasteiger partial charge in [0.1, 0.15) is 11.6 Å². The molecule has 1 atom stereocenters. The Kier molecular flexibility index (Phi) is 3.04. The third-order valence-electron chi connectivity index (χ3n) is 4.18. The van der Waals surface area contributed by atoms with Crippen molar-refractivity contribution in [2.75, 3.05) is 5.32 Å². The van der Waals surface area contributed by atoms with Gasteiger partial charge in [-0.3, -0.25) is 4.79 Å². The molecule has 6 heteroatoms. The maximum Gasteiger partial charge on any atom is 0.257 e. The van der Waals surface area contributed by atoms with Crippen LogP contribution in [0.5, 0.6) is 0 Å². The fraction of sp³-hybridized carbons (Fsp3) is 0.176. The number of anilines is 1. The number of imidazole rings is 1. The van der Waals surface area contributed by atoms with Crippen LogP contribution in [0, 0.1) is 5.82 Å². The molecule has 3 aromatic rings. The van der Waals surface area contributed by atoms with E-state index >= 15 is 0 Å². The first-order chi connectivity index (χ1) is 11.1. The van der Waals surface area contributed by atoms with Crippen molar-refractivity contribution in [2.24, 2.45) is 0 Å². The Morgan fingerprint density at radius 1 is 1.39 bits per heavy atom. The number of nitrogens with one attached hydrogen (secondary N) is 2. The van der Waals surface area contributed by atoms with Gasteiger partial charge in [-0.2, -0.15) is 0 Å². The molecule has 0 aliphatic carbocycles. The van der Waals surface area contributed by atoms with Crippen LogP contribution < -0.4 is 5.32 Å². The van der Waals surface area contributed by atoms with Gasteiger partial charge in [0.25, 0.3) is 5.91 Å². The van der Waals surface area contributed by atoms with Crippen LogP contribution in [0.3, 0.4) is 0 Å². The van der Waals surface area contributed by atoms with Crippen molar-refractivity contribution >= 4 is 11.6 Å². The molecule has 0 unspecified atom stereocenters. The number of carbonyl (C=O) groups is 1. The zero-order chi connectivity index (χ0) is 16.0. The predicted molar refractivity (Wildman–Crippen MR) is 84.8 cm³/mol. The normalized spacial score (nSPS) is 15.8. The summed E-state index contributed by atoms with van der Waals surface area (Å²) >= 11 is 0. The van der Waals surface area contributed by atoms with Gasteiger partial charge < -0.3 is 14.9 Å². The number of carbonyl (C=O) groups excluding carboxylic acids is 1. The molecule has 2 aromatic heterocycles. The number of amides is 1. The zero-order valence-electron chi connectivity index (χ0n) is 12.5. The van der Waals surface area contributed by atoms with E-state index in [0.29, 0.717) is 17.3 Å².